The van der Waals surface area contributed by atoms with E-state index in [1.165, 1.54) is 11.3 Å². The first kappa shape index (κ1) is 18.4. The number of pyridine rings is 1. The van der Waals surface area contributed by atoms with Gasteiger partial charge in [0.05, 0.1) is 5.56 Å². The number of rotatable bonds is 4. The van der Waals surface area contributed by atoms with Gasteiger partial charge in [0.1, 0.15) is 5.82 Å². The summed E-state index contributed by atoms with van der Waals surface area (Å²) >= 11 is 0. The third-order valence-electron chi connectivity index (χ3n) is 5.45. The highest BCUT2D eigenvalue weighted by atomic mass is 16.5. The Morgan fingerprint density at radius 2 is 1.53 bits per heavy atom. The summed E-state index contributed by atoms with van der Waals surface area (Å²) in [6.07, 6.45) is 1.82. The zero-order chi connectivity index (χ0) is 20.3. The van der Waals surface area contributed by atoms with Crippen molar-refractivity contribution >= 4 is 11.5 Å². The predicted molar refractivity (Wildman–Crippen MR) is 119 cm³/mol. The molecule has 0 saturated carbocycles. The number of hydrogen-bond donors (Lipinski definition) is 0. The second-order valence-electron chi connectivity index (χ2n) is 7.47. The number of hydrogen-bond acceptors (Lipinski definition) is 6. The maximum Gasteiger partial charge on any atom is 0.261 e. The van der Waals surface area contributed by atoms with E-state index in [-0.39, 0.29) is 0 Å². The predicted octanol–water partition coefficient (Wildman–Crippen LogP) is 4.43. The Bertz CT molecular complexity index is 1120. The number of benzene rings is 2. The third-order valence-corrected chi connectivity index (χ3v) is 5.45. The summed E-state index contributed by atoms with van der Waals surface area (Å²) in [5, 5.41) is 4.19. The Kier molecular flexibility index (Phi) is 4.89. The van der Waals surface area contributed by atoms with E-state index in [0.717, 1.165) is 43.1 Å². The molecule has 5 rings (SSSR count). The average Bonchev–Trinajstić information content (AvgIpc) is 3.30. The smallest absolute Gasteiger partial charge is 0.261 e. The van der Waals surface area contributed by atoms with E-state index in [1.54, 1.807) is 0 Å². The molecule has 1 saturated heterocycles. The maximum absolute atomic E-state index is 5.62. The van der Waals surface area contributed by atoms with Crippen LogP contribution in [0, 0.1) is 6.92 Å². The fourth-order valence-corrected chi connectivity index (χ4v) is 3.78. The van der Waals surface area contributed by atoms with E-state index in [1.807, 2.05) is 42.6 Å². The minimum Gasteiger partial charge on any atom is -0.368 e. The van der Waals surface area contributed by atoms with Crippen LogP contribution in [-0.2, 0) is 0 Å². The summed E-state index contributed by atoms with van der Waals surface area (Å²) in [6, 6.07) is 22.6. The molecule has 4 aromatic rings. The molecule has 0 radical (unpaired) electrons. The molecule has 6 nitrogen and oxygen atoms in total. The molecule has 0 amide bonds. The average molecular weight is 397 g/mol. The van der Waals surface area contributed by atoms with Crippen LogP contribution in [-0.4, -0.2) is 41.3 Å². The highest BCUT2D eigenvalue weighted by Gasteiger charge is 2.23. The summed E-state index contributed by atoms with van der Waals surface area (Å²) in [5.74, 6) is 1.98. The van der Waals surface area contributed by atoms with Crippen molar-refractivity contribution in [3.63, 3.8) is 0 Å². The molecular formula is C24H23N5O. The first-order valence-electron chi connectivity index (χ1n) is 10.2. The first-order valence-corrected chi connectivity index (χ1v) is 10.2. The van der Waals surface area contributed by atoms with E-state index in [0.29, 0.717) is 11.7 Å². The molecule has 30 heavy (non-hydrogen) atoms. The van der Waals surface area contributed by atoms with Crippen LogP contribution in [0.4, 0.5) is 11.5 Å². The van der Waals surface area contributed by atoms with Crippen LogP contribution in [0.15, 0.2) is 77.4 Å². The van der Waals surface area contributed by atoms with Crippen LogP contribution in [0.3, 0.4) is 0 Å². The molecule has 1 aliphatic rings. The second-order valence-corrected chi connectivity index (χ2v) is 7.47. The number of aryl methyl sites for hydroxylation is 1. The van der Waals surface area contributed by atoms with Gasteiger partial charge in [0, 0.05) is 43.6 Å². The van der Waals surface area contributed by atoms with Crippen LogP contribution >= 0.6 is 0 Å². The number of nitrogens with zero attached hydrogens (tertiary/aromatic N) is 5. The van der Waals surface area contributed by atoms with E-state index < -0.39 is 0 Å². The lowest BCUT2D eigenvalue weighted by atomic mass is 10.1. The van der Waals surface area contributed by atoms with Gasteiger partial charge in [-0.05, 0) is 31.2 Å². The Morgan fingerprint density at radius 3 is 2.30 bits per heavy atom. The van der Waals surface area contributed by atoms with Crippen molar-refractivity contribution in [3.05, 3.63) is 78.5 Å². The third kappa shape index (κ3) is 3.64. The molecule has 2 aromatic heterocycles. The van der Waals surface area contributed by atoms with E-state index in [2.05, 4.69) is 62.2 Å². The number of para-hydroxylation sites is 1. The fraction of sp³-hybridized carbons (Fsp3) is 0.208. The highest BCUT2D eigenvalue weighted by Crippen LogP contribution is 2.30. The lowest BCUT2D eigenvalue weighted by molar-refractivity contribution is 0.432. The van der Waals surface area contributed by atoms with Crippen molar-refractivity contribution in [1.82, 2.24) is 15.1 Å². The SMILES string of the molecule is Cc1ccc(-c2noc(-c3cccnc3N3CCN(c4ccccc4)CC3)n2)cc1. The van der Waals surface area contributed by atoms with Gasteiger partial charge in [-0.1, -0.05) is 53.2 Å². The summed E-state index contributed by atoms with van der Waals surface area (Å²) in [5.41, 5.74) is 4.28. The Hall–Kier alpha value is -3.67. The number of aromatic nitrogens is 3. The number of anilines is 2. The summed E-state index contributed by atoms with van der Waals surface area (Å²) < 4.78 is 5.62. The van der Waals surface area contributed by atoms with Gasteiger partial charge in [-0.15, -0.1) is 0 Å². The van der Waals surface area contributed by atoms with Crippen molar-refractivity contribution in [2.45, 2.75) is 6.92 Å². The van der Waals surface area contributed by atoms with E-state index in [9.17, 15) is 0 Å². The van der Waals surface area contributed by atoms with Crippen molar-refractivity contribution in [2.75, 3.05) is 36.0 Å². The van der Waals surface area contributed by atoms with Gasteiger partial charge in [0.15, 0.2) is 0 Å². The maximum atomic E-state index is 5.62. The largest absolute Gasteiger partial charge is 0.368 e. The van der Waals surface area contributed by atoms with Gasteiger partial charge in [-0.3, -0.25) is 0 Å². The van der Waals surface area contributed by atoms with Crippen LogP contribution in [0.2, 0.25) is 0 Å². The molecule has 1 aliphatic heterocycles. The summed E-state index contributed by atoms with van der Waals surface area (Å²) in [6.45, 7) is 5.72. The fourth-order valence-electron chi connectivity index (χ4n) is 3.78. The minimum atomic E-state index is 0.499. The lowest BCUT2D eigenvalue weighted by Gasteiger charge is -2.37. The highest BCUT2D eigenvalue weighted by molar-refractivity contribution is 5.71. The molecule has 2 aromatic carbocycles. The normalized spacial score (nSPS) is 14.2. The molecule has 0 spiro atoms. The van der Waals surface area contributed by atoms with E-state index in [4.69, 9.17) is 4.52 Å². The standard InChI is InChI=1S/C24H23N5O/c1-18-9-11-19(12-10-18)22-26-24(30-27-22)21-8-5-13-25-23(21)29-16-14-28(15-17-29)20-6-3-2-4-7-20/h2-13H,14-17H2,1H3. The second kappa shape index (κ2) is 7.99. The number of piperazine rings is 1. The van der Waals surface area contributed by atoms with Gasteiger partial charge in [-0.2, -0.15) is 4.98 Å². The monoisotopic (exact) mass is 397 g/mol. The molecule has 3 heterocycles. The van der Waals surface area contributed by atoms with Crippen molar-refractivity contribution in [3.8, 4) is 22.8 Å². The van der Waals surface area contributed by atoms with Crippen molar-refractivity contribution in [2.24, 2.45) is 0 Å². The molecule has 0 bridgehead atoms. The minimum absolute atomic E-state index is 0.499. The quantitative estimate of drug-likeness (QED) is 0.508. The zero-order valence-electron chi connectivity index (χ0n) is 16.9. The van der Waals surface area contributed by atoms with E-state index >= 15 is 0 Å². The Labute approximate surface area is 175 Å². The summed E-state index contributed by atoms with van der Waals surface area (Å²) in [7, 11) is 0. The van der Waals surface area contributed by atoms with Crippen molar-refractivity contribution < 1.29 is 4.52 Å². The van der Waals surface area contributed by atoms with Crippen LogP contribution in [0.5, 0.6) is 0 Å². The summed E-state index contributed by atoms with van der Waals surface area (Å²) in [4.78, 5) is 14.0. The first-order chi connectivity index (χ1) is 14.8. The Morgan fingerprint density at radius 1 is 0.800 bits per heavy atom. The molecule has 0 aliphatic carbocycles. The van der Waals surface area contributed by atoms with Gasteiger partial charge in [-0.25, -0.2) is 4.98 Å². The van der Waals surface area contributed by atoms with Gasteiger partial charge >= 0.3 is 0 Å². The van der Waals surface area contributed by atoms with Crippen LogP contribution in [0.1, 0.15) is 5.56 Å². The zero-order valence-corrected chi connectivity index (χ0v) is 16.9. The molecule has 6 heteroatoms. The molecule has 0 atom stereocenters. The van der Waals surface area contributed by atoms with Gasteiger partial charge in [0.2, 0.25) is 5.82 Å². The molecule has 1 fully saturated rings. The van der Waals surface area contributed by atoms with Crippen molar-refractivity contribution in [1.29, 1.82) is 0 Å². The molecule has 0 N–H and O–H groups in total. The topological polar surface area (TPSA) is 58.3 Å². The van der Waals surface area contributed by atoms with Gasteiger partial charge < -0.3 is 14.3 Å². The van der Waals surface area contributed by atoms with Gasteiger partial charge in [0.25, 0.3) is 5.89 Å². The molecular weight excluding hydrogens is 374 g/mol. The molecule has 150 valence electrons. The lowest BCUT2D eigenvalue weighted by Crippen LogP contribution is -2.47. The Balaban J connectivity index is 1.37. The molecule has 0 unspecified atom stereocenters. The van der Waals surface area contributed by atoms with Crippen LogP contribution < -0.4 is 9.80 Å². The van der Waals surface area contributed by atoms with Crippen LogP contribution in [0.25, 0.3) is 22.8 Å².